The Balaban J connectivity index is 2.02. The second kappa shape index (κ2) is 2.38. The number of furan rings is 1. The van der Waals surface area contributed by atoms with Crippen LogP contribution in [-0.2, 0) is 11.8 Å². The lowest BCUT2D eigenvalue weighted by Gasteiger charge is -2.22. The molecule has 1 aromatic rings. The minimum absolute atomic E-state index is 0.440. The van der Waals surface area contributed by atoms with E-state index in [0.717, 1.165) is 18.9 Å². The van der Waals surface area contributed by atoms with Crippen LogP contribution in [-0.4, -0.2) is 6.54 Å². The number of nitrogens with two attached hydrogens (primary N) is 1. The van der Waals surface area contributed by atoms with Gasteiger partial charge in [-0.2, -0.15) is 0 Å². The average molecular weight is 177 g/mol. The zero-order chi connectivity index (χ0) is 8.89. The lowest BCUT2D eigenvalue weighted by Crippen LogP contribution is -2.19. The van der Waals surface area contributed by atoms with Crippen molar-refractivity contribution in [1.29, 1.82) is 0 Å². The van der Waals surface area contributed by atoms with Crippen molar-refractivity contribution in [3.63, 3.8) is 0 Å². The molecule has 2 nitrogen and oxygen atoms in total. The lowest BCUT2D eigenvalue weighted by atomic mass is 9.82. The summed E-state index contributed by atoms with van der Waals surface area (Å²) in [5.74, 6) is 1.95. The van der Waals surface area contributed by atoms with Crippen LogP contribution in [0.2, 0.25) is 0 Å². The van der Waals surface area contributed by atoms with E-state index in [1.807, 2.05) is 6.26 Å². The molecule has 0 radical (unpaired) electrons. The second-order valence-electron chi connectivity index (χ2n) is 4.40. The predicted molar refractivity (Wildman–Crippen MR) is 50.5 cm³/mol. The van der Waals surface area contributed by atoms with Gasteiger partial charge in [0.25, 0.3) is 0 Å². The van der Waals surface area contributed by atoms with Crippen molar-refractivity contribution in [2.75, 3.05) is 6.54 Å². The first kappa shape index (κ1) is 7.63. The van der Waals surface area contributed by atoms with Crippen LogP contribution in [0, 0.1) is 5.92 Å². The molecule has 1 fully saturated rings. The Bertz CT molecular complexity index is 331. The molecule has 0 amide bonds. The molecule has 2 aliphatic rings. The van der Waals surface area contributed by atoms with Crippen LogP contribution in [0.3, 0.4) is 0 Å². The third kappa shape index (κ3) is 0.869. The molecule has 1 heterocycles. The molecular weight excluding hydrogens is 162 g/mol. The zero-order valence-electron chi connectivity index (χ0n) is 7.75. The molecule has 0 saturated heterocycles. The topological polar surface area (TPSA) is 39.2 Å². The highest BCUT2D eigenvalue weighted by atomic mass is 16.3. The highest BCUT2D eigenvalue weighted by Gasteiger charge is 2.56. The van der Waals surface area contributed by atoms with Gasteiger partial charge in [-0.3, -0.25) is 0 Å². The molecule has 0 bridgehead atoms. The second-order valence-corrected chi connectivity index (χ2v) is 4.40. The Morgan fingerprint density at radius 3 is 3.31 bits per heavy atom. The molecule has 0 aliphatic heterocycles. The molecule has 2 heteroatoms. The third-order valence-corrected chi connectivity index (χ3v) is 3.83. The van der Waals surface area contributed by atoms with E-state index >= 15 is 0 Å². The predicted octanol–water partition coefficient (Wildman–Crippen LogP) is 1.83. The van der Waals surface area contributed by atoms with E-state index in [4.69, 9.17) is 10.2 Å². The van der Waals surface area contributed by atoms with Crippen LogP contribution in [0.15, 0.2) is 16.7 Å². The van der Waals surface area contributed by atoms with Gasteiger partial charge in [-0.25, -0.2) is 0 Å². The van der Waals surface area contributed by atoms with Crippen molar-refractivity contribution in [3.8, 4) is 0 Å². The molecule has 1 aromatic heterocycles. The highest BCUT2D eigenvalue weighted by Crippen LogP contribution is 2.59. The molecule has 1 saturated carbocycles. The van der Waals surface area contributed by atoms with Crippen molar-refractivity contribution in [2.45, 2.75) is 31.1 Å². The molecular formula is C11H15NO. The van der Waals surface area contributed by atoms with Crippen LogP contribution < -0.4 is 5.73 Å². The molecule has 2 unspecified atom stereocenters. The molecule has 2 N–H and O–H groups in total. The van der Waals surface area contributed by atoms with E-state index in [0.29, 0.717) is 5.41 Å². The smallest absolute Gasteiger partial charge is 0.107 e. The fraction of sp³-hybridized carbons (Fsp3) is 0.636. The van der Waals surface area contributed by atoms with Gasteiger partial charge in [-0.15, -0.1) is 0 Å². The van der Waals surface area contributed by atoms with E-state index in [1.165, 1.54) is 30.6 Å². The highest BCUT2D eigenvalue weighted by molar-refractivity contribution is 5.38. The normalized spacial score (nSPS) is 36.2. The Kier molecular flexibility index (Phi) is 1.40. The first-order chi connectivity index (χ1) is 6.37. The molecule has 13 heavy (non-hydrogen) atoms. The number of hydrogen-bond donors (Lipinski definition) is 1. The lowest BCUT2D eigenvalue weighted by molar-refractivity contribution is 0.427. The molecule has 1 spiro atoms. The molecule has 0 aromatic carbocycles. The summed E-state index contributed by atoms with van der Waals surface area (Å²) in [4.78, 5) is 0. The molecule has 70 valence electrons. The monoisotopic (exact) mass is 177 g/mol. The van der Waals surface area contributed by atoms with Crippen molar-refractivity contribution in [3.05, 3.63) is 23.7 Å². The van der Waals surface area contributed by atoms with Gasteiger partial charge in [0, 0.05) is 17.4 Å². The molecule has 3 rings (SSSR count). The van der Waals surface area contributed by atoms with Gasteiger partial charge in [0.05, 0.1) is 6.26 Å². The van der Waals surface area contributed by atoms with Crippen molar-refractivity contribution in [2.24, 2.45) is 11.7 Å². The number of hydrogen-bond acceptors (Lipinski definition) is 2. The fourth-order valence-corrected chi connectivity index (χ4v) is 3.00. The minimum atomic E-state index is 0.440. The van der Waals surface area contributed by atoms with E-state index in [9.17, 15) is 0 Å². The summed E-state index contributed by atoms with van der Waals surface area (Å²) in [7, 11) is 0. The number of fused-ring (bicyclic) bond motifs is 2. The maximum absolute atomic E-state index is 5.73. The summed E-state index contributed by atoms with van der Waals surface area (Å²) in [6.07, 6.45) is 6.85. The van der Waals surface area contributed by atoms with Crippen molar-refractivity contribution < 1.29 is 4.42 Å². The first-order valence-corrected chi connectivity index (χ1v) is 5.14. The van der Waals surface area contributed by atoms with Gasteiger partial charge >= 0.3 is 0 Å². The summed E-state index contributed by atoms with van der Waals surface area (Å²) < 4.78 is 5.48. The van der Waals surface area contributed by atoms with Crippen molar-refractivity contribution >= 4 is 0 Å². The van der Waals surface area contributed by atoms with E-state index in [2.05, 4.69) is 6.07 Å². The maximum atomic E-state index is 5.73. The summed E-state index contributed by atoms with van der Waals surface area (Å²) >= 11 is 0. The van der Waals surface area contributed by atoms with E-state index in [-0.39, 0.29) is 0 Å². The van der Waals surface area contributed by atoms with Crippen LogP contribution in [0.25, 0.3) is 0 Å². The Labute approximate surface area is 78.1 Å². The average Bonchev–Trinajstić information content (AvgIpc) is 2.61. The van der Waals surface area contributed by atoms with E-state index < -0.39 is 0 Å². The first-order valence-electron chi connectivity index (χ1n) is 5.14. The van der Waals surface area contributed by atoms with Crippen LogP contribution in [0.5, 0.6) is 0 Å². The molecule has 2 aliphatic carbocycles. The van der Waals surface area contributed by atoms with Crippen LogP contribution in [0.4, 0.5) is 0 Å². The largest absolute Gasteiger partial charge is 0.469 e. The van der Waals surface area contributed by atoms with Gasteiger partial charge in [-0.05, 0) is 37.8 Å². The van der Waals surface area contributed by atoms with E-state index in [1.54, 1.807) is 0 Å². The van der Waals surface area contributed by atoms with Gasteiger partial charge in [-0.1, -0.05) is 0 Å². The SMILES string of the molecule is NCC1CC12CCCc1occc12. The number of rotatable bonds is 1. The van der Waals surface area contributed by atoms with Gasteiger partial charge in [0.2, 0.25) is 0 Å². The maximum Gasteiger partial charge on any atom is 0.107 e. The summed E-state index contributed by atoms with van der Waals surface area (Å²) in [5, 5.41) is 0. The number of aryl methyl sites for hydroxylation is 1. The quantitative estimate of drug-likeness (QED) is 0.710. The van der Waals surface area contributed by atoms with Crippen LogP contribution in [0.1, 0.15) is 30.6 Å². The zero-order valence-corrected chi connectivity index (χ0v) is 7.75. The van der Waals surface area contributed by atoms with Gasteiger partial charge in [0.15, 0.2) is 0 Å². The Morgan fingerprint density at radius 2 is 2.54 bits per heavy atom. The summed E-state index contributed by atoms with van der Waals surface area (Å²) in [6.45, 7) is 0.838. The standard InChI is InChI=1S/C11H15NO/c12-7-8-6-11(8)4-1-2-10-9(11)3-5-13-10/h3,5,8H,1-2,4,6-7,12H2. The summed E-state index contributed by atoms with van der Waals surface area (Å²) in [5.41, 5.74) is 7.64. The van der Waals surface area contributed by atoms with Gasteiger partial charge in [0.1, 0.15) is 5.76 Å². The Morgan fingerprint density at radius 1 is 1.62 bits per heavy atom. The van der Waals surface area contributed by atoms with Gasteiger partial charge < -0.3 is 10.2 Å². The third-order valence-electron chi connectivity index (χ3n) is 3.83. The summed E-state index contributed by atoms with van der Waals surface area (Å²) in [6, 6.07) is 2.16. The molecule has 2 atom stereocenters. The van der Waals surface area contributed by atoms with Crippen molar-refractivity contribution in [1.82, 2.24) is 0 Å². The fourth-order valence-electron chi connectivity index (χ4n) is 3.00. The minimum Gasteiger partial charge on any atom is -0.469 e. The Hall–Kier alpha value is -0.760. The van der Waals surface area contributed by atoms with Crippen LogP contribution >= 0.6 is 0 Å².